The van der Waals surface area contributed by atoms with Gasteiger partial charge < -0.3 is 10.1 Å². The zero-order valence-corrected chi connectivity index (χ0v) is 17.0. The molecular formula is C17H24Cl2N2O4S. The molecule has 146 valence electrons. The van der Waals surface area contributed by atoms with Gasteiger partial charge >= 0.3 is 0 Å². The number of hydrogen-bond acceptors (Lipinski definition) is 4. The van der Waals surface area contributed by atoms with Crippen LogP contribution in [-0.2, 0) is 19.6 Å². The number of anilines is 1. The summed E-state index contributed by atoms with van der Waals surface area (Å²) in [5, 5.41) is 3.39. The maximum Gasteiger partial charge on any atom is 0.239 e. The lowest BCUT2D eigenvalue weighted by Crippen LogP contribution is -2.42. The zero-order valence-electron chi connectivity index (χ0n) is 14.7. The van der Waals surface area contributed by atoms with Crippen LogP contribution in [0.3, 0.4) is 0 Å². The maximum absolute atomic E-state index is 12.7. The van der Waals surface area contributed by atoms with Crippen molar-refractivity contribution in [1.82, 2.24) is 4.31 Å². The quantitative estimate of drug-likeness (QED) is 0.694. The molecule has 1 aromatic carbocycles. The normalized spacial score (nSPS) is 18.1. The summed E-state index contributed by atoms with van der Waals surface area (Å²) in [5.74, 6) is -0.561. The standard InChI is InChI=1S/C17H24Cl2N2O4S/c1-2-8-21(26(23,24)12-14-5-3-4-9-25-14)11-17(22)20-16-10-13(18)6-7-15(16)19/h6-7,10,14H,2-5,8-9,11-12H2,1H3,(H,20,22). The first-order valence-electron chi connectivity index (χ1n) is 8.66. The summed E-state index contributed by atoms with van der Waals surface area (Å²) in [5.41, 5.74) is 0.355. The minimum absolute atomic E-state index is 0.0990. The molecule has 1 aliphatic heterocycles. The Bertz CT molecular complexity index is 721. The predicted molar refractivity (Wildman–Crippen MR) is 104 cm³/mol. The van der Waals surface area contributed by atoms with Crippen LogP contribution in [0.1, 0.15) is 32.6 Å². The second-order valence-electron chi connectivity index (χ2n) is 6.27. The van der Waals surface area contributed by atoms with Crippen molar-refractivity contribution >= 4 is 44.8 Å². The van der Waals surface area contributed by atoms with Crippen molar-refractivity contribution in [2.45, 2.75) is 38.7 Å². The van der Waals surface area contributed by atoms with Gasteiger partial charge in [-0.25, -0.2) is 8.42 Å². The van der Waals surface area contributed by atoms with Gasteiger partial charge in [-0.3, -0.25) is 4.79 Å². The molecule has 1 unspecified atom stereocenters. The van der Waals surface area contributed by atoms with Gasteiger partial charge in [-0.2, -0.15) is 4.31 Å². The Morgan fingerprint density at radius 3 is 2.77 bits per heavy atom. The van der Waals surface area contributed by atoms with Crippen molar-refractivity contribution in [2.24, 2.45) is 0 Å². The second kappa shape index (κ2) is 9.90. The number of hydrogen-bond donors (Lipinski definition) is 1. The van der Waals surface area contributed by atoms with E-state index in [1.165, 1.54) is 10.4 Å². The number of benzene rings is 1. The molecule has 6 nitrogen and oxygen atoms in total. The highest BCUT2D eigenvalue weighted by atomic mass is 35.5. The van der Waals surface area contributed by atoms with E-state index in [9.17, 15) is 13.2 Å². The molecule has 2 rings (SSSR count). The lowest BCUT2D eigenvalue weighted by atomic mass is 10.1. The van der Waals surface area contributed by atoms with Crippen molar-refractivity contribution in [1.29, 1.82) is 0 Å². The van der Waals surface area contributed by atoms with Gasteiger partial charge in [0, 0.05) is 18.2 Å². The number of carbonyl (C=O) groups excluding carboxylic acids is 1. The average molecular weight is 423 g/mol. The molecule has 0 radical (unpaired) electrons. The third-order valence-corrected chi connectivity index (χ3v) is 6.52. The number of sulfonamides is 1. The molecule has 0 spiro atoms. The third-order valence-electron chi connectivity index (χ3n) is 4.06. The van der Waals surface area contributed by atoms with Crippen LogP contribution in [0.5, 0.6) is 0 Å². The van der Waals surface area contributed by atoms with Crippen LogP contribution in [-0.4, -0.2) is 50.2 Å². The van der Waals surface area contributed by atoms with Gasteiger partial charge in [0.05, 0.1) is 29.1 Å². The average Bonchev–Trinajstić information content (AvgIpc) is 2.58. The molecular weight excluding hydrogens is 399 g/mol. The van der Waals surface area contributed by atoms with Crippen LogP contribution in [0.25, 0.3) is 0 Å². The summed E-state index contributed by atoms with van der Waals surface area (Å²) in [6.45, 7) is 2.45. The molecule has 26 heavy (non-hydrogen) atoms. The van der Waals surface area contributed by atoms with Gasteiger partial charge in [0.1, 0.15) is 0 Å². The molecule has 1 N–H and O–H groups in total. The molecule has 9 heteroatoms. The summed E-state index contributed by atoms with van der Waals surface area (Å²) >= 11 is 11.9. The van der Waals surface area contributed by atoms with E-state index in [1.807, 2.05) is 6.92 Å². The van der Waals surface area contributed by atoms with Crippen molar-refractivity contribution < 1.29 is 17.9 Å². The molecule has 0 saturated carbocycles. The largest absolute Gasteiger partial charge is 0.377 e. The smallest absolute Gasteiger partial charge is 0.239 e. The van der Waals surface area contributed by atoms with E-state index in [0.29, 0.717) is 28.8 Å². The van der Waals surface area contributed by atoms with E-state index in [4.69, 9.17) is 27.9 Å². The Labute approximate surface area is 164 Å². The van der Waals surface area contributed by atoms with E-state index in [-0.39, 0.29) is 24.9 Å². The fourth-order valence-corrected chi connectivity index (χ4v) is 4.84. The van der Waals surface area contributed by atoms with E-state index in [1.54, 1.807) is 12.1 Å². The Morgan fingerprint density at radius 1 is 1.35 bits per heavy atom. The second-order valence-corrected chi connectivity index (χ2v) is 9.13. The molecule has 0 aliphatic carbocycles. The number of amides is 1. The fraction of sp³-hybridized carbons (Fsp3) is 0.588. The summed E-state index contributed by atoms with van der Waals surface area (Å²) in [6, 6.07) is 4.70. The summed E-state index contributed by atoms with van der Waals surface area (Å²) < 4.78 is 32.2. The van der Waals surface area contributed by atoms with Crippen LogP contribution >= 0.6 is 23.2 Å². The Balaban J connectivity index is 2.03. The molecule has 0 bridgehead atoms. The first-order valence-corrected chi connectivity index (χ1v) is 11.0. The van der Waals surface area contributed by atoms with Crippen molar-refractivity contribution in [2.75, 3.05) is 30.8 Å². The van der Waals surface area contributed by atoms with E-state index >= 15 is 0 Å². The van der Waals surface area contributed by atoms with Crippen LogP contribution in [0.4, 0.5) is 5.69 Å². The van der Waals surface area contributed by atoms with Gasteiger partial charge in [-0.1, -0.05) is 30.1 Å². The minimum Gasteiger partial charge on any atom is -0.377 e. The SMILES string of the molecule is CCCN(CC(=O)Nc1cc(Cl)ccc1Cl)S(=O)(=O)CC1CCCCO1. The molecule has 1 amide bonds. The van der Waals surface area contributed by atoms with Gasteiger partial charge in [-0.05, 0) is 43.9 Å². The monoisotopic (exact) mass is 422 g/mol. The third kappa shape index (κ3) is 6.39. The molecule has 1 atom stereocenters. The minimum atomic E-state index is -3.60. The lowest BCUT2D eigenvalue weighted by Gasteiger charge is -2.26. The first kappa shape index (κ1) is 21.4. The summed E-state index contributed by atoms with van der Waals surface area (Å²) in [4.78, 5) is 12.3. The van der Waals surface area contributed by atoms with Gasteiger partial charge in [0.2, 0.25) is 15.9 Å². The number of nitrogens with zero attached hydrogens (tertiary/aromatic N) is 1. The van der Waals surface area contributed by atoms with Crippen LogP contribution in [0.2, 0.25) is 10.0 Å². The predicted octanol–water partition coefficient (Wildman–Crippen LogP) is 3.54. The maximum atomic E-state index is 12.7. The lowest BCUT2D eigenvalue weighted by molar-refractivity contribution is -0.116. The number of halogens is 2. The van der Waals surface area contributed by atoms with Gasteiger partial charge in [-0.15, -0.1) is 0 Å². The van der Waals surface area contributed by atoms with Crippen LogP contribution < -0.4 is 5.32 Å². The van der Waals surface area contributed by atoms with Crippen molar-refractivity contribution in [3.8, 4) is 0 Å². The summed E-state index contributed by atoms with van der Waals surface area (Å²) in [7, 11) is -3.60. The molecule has 0 aromatic heterocycles. The Kier molecular flexibility index (Phi) is 8.16. The molecule has 1 heterocycles. The number of nitrogens with one attached hydrogen (secondary N) is 1. The van der Waals surface area contributed by atoms with Crippen LogP contribution in [0.15, 0.2) is 18.2 Å². The van der Waals surface area contributed by atoms with Crippen molar-refractivity contribution in [3.05, 3.63) is 28.2 Å². The van der Waals surface area contributed by atoms with Gasteiger partial charge in [0.25, 0.3) is 0 Å². The molecule has 1 fully saturated rings. The highest BCUT2D eigenvalue weighted by Gasteiger charge is 2.29. The summed E-state index contributed by atoms with van der Waals surface area (Å²) in [6.07, 6.45) is 2.94. The highest BCUT2D eigenvalue weighted by Crippen LogP contribution is 2.25. The zero-order chi connectivity index (χ0) is 19.2. The van der Waals surface area contributed by atoms with Gasteiger partial charge in [0.15, 0.2) is 0 Å². The first-order chi connectivity index (χ1) is 12.3. The Morgan fingerprint density at radius 2 is 2.12 bits per heavy atom. The van der Waals surface area contributed by atoms with E-state index in [2.05, 4.69) is 5.32 Å². The number of rotatable bonds is 8. The van der Waals surface area contributed by atoms with Crippen LogP contribution in [0, 0.1) is 0 Å². The molecule has 1 saturated heterocycles. The molecule has 1 aromatic rings. The topological polar surface area (TPSA) is 75.7 Å². The van der Waals surface area contributed by atoms with Crippen molar-refractivity contribution in [3.63, 3.8) is 0 Å². The highest BCUT2D eigenvalue weighted by molar-refractivity contribution is 7.89. The van der Waals surface area contributed by atoms with E-state index < -0.39 is 15.9 Å². The van der Waals surface area contributed by atoms with E-state index in [0.717, 1.165) is 19.3 Å². The number of ether oxygens (including phenoxy) is 1. The number of carbonyl (C=O) groups is 1. The molecule has 1 aliphatic rings. The Hall–Kier alpha value is -0.860. The fourth-order valence-electron chi connectivity index (χ4n) is 2.79.